The standard InChI is InChI=1S/C15H9ClF3N3O/c16-9-3-1-8(2-4-9)15-21-12(23-22-15)7-20-11-6-5-10(17)13(18)14(11)19/h1-6,20H,7H2. The highest BCUT2D eigenvalue weighted by molar-refractivity contribution is 6.30. The van der Waals surface area contributed by atoms with Crippen molar-refractivity contribution in [2.24, 2.45) is 0 Å². The maximum Gasteiger partial charge on any atom is 0.246 e. The number of nitrogens with zero attached hydrogens (tertiary/aromatic N) is 2. The topological polar surface area (TPSA) is 51.0 Å². The molecule has 3 rings (SSSR count). The van der Waals surface area contributed by atoms with Crippen molar-refractivity contribution >= 4 is 17.3 Å². The monoisotopic (exact) mass is 339 g/mol. The highest BCUT2D eigenvalue weighted by Gasteiger charge is 2.14. The van der Waals surface area contributed by atoms with E-state index < -0.39 is 17.5 Å². The molecule has 0 unspecified atom stereocenters. The van der Waals surface area contributed by atoms with Crippen molar-refractivity contribution < 1.29 is 17.7 Å². The molecule has 0 aliphatic rings. The minimum atomic E-state index is -1.54. The van der Waals surface area contributed by atoms with E-state index in [0.29, 0.717) is 16.4 Å². The zero-order chi connectivity index (χ0) is 16.4. The second-order valence-electron chi connectivity index (χ2n) is 4.60. The summed E-state index contributed by atoms with van der Waals surface area (Å²) in [6.07, 6.45) is 0. The Morgan fingerprint density at radius 3 is 2.48 bits per heavy atom. The SMILES string of the molecule is Fc1ccc(NCc2nc(-c3ccc(Cl)cc3)no2)c(F)c1F. The van der Waals surface area contributed by atoms with Crippen LogP contribution in [-0.2, 0) is 6.54 Å². The van der Waals surface area contributed by atoms with Gasteiger partial charge >= 0.3 is 0 Å². The van der Waals surface area contributed by atoms with Gasteiger partial charge in [-0.25, -0.2) is 13.2 Å². The third-order valence-electron chi connectivity index (χ3n) is 3.04. The number of aromatic nitrogens is 2. The van der Waals surface area contributed by atoms with Crippen molar-refractivity contribution in [2.75, 3.05) is 5.32 Å². The van der Waals surface area contributed by atoms with Gasteiger partial charge in [0.15, 0.2) is 17.5 Å². The van der Waals surface area contributed by atoms with Crippen LogP contribution in [-0.4, -0.2) is 10.1 Å². The van der Waals surface area contributed by atoms with Crippen LogP contribution >= 0.6 is 11.6 Å². The van der Waals surface area contributed by atoms with E-state index in [9.17, 15) is 13.2 Å². The van der Waals surface area contributed by atoms with Crippen molar-refractivity contribution in [3.8, 4) is 11.4 Å². The average Bonchev–Trinajstić information content (AvgIpc) is 3.02. The van der Waals surface area contributed by atoms with Gasteiger partial charge in [0.05, 0.1) is 12.2 Å². The predicted octanol–water partition coefficient (Wildman–Crippen LogP) is 4.42. The van der Waals surface area contributed by atoms with Gasteiger partial charge in [0, 0.05) is 10.6 Å². The molecule has 1 aromatic heterocycles. The fourth-order valence-corrected chi connectivity index (χ4v) is 2.00. The fraction of sp³-hybridized carbons (Fsp3) is 0.0667. The summed E-state index contributed by atoms with van der Waals surface area (Å²) in [6, 6.07) is 8.72. The molecule has 4 nitrogen and oxygen atoms in total. The number of hydrogen-bond donors (Lipinski definition) is 1. The van der Waals surface area contributed by atoms with Gasteiger partial charge in [-0.05, 0) is 36.4 Å². The summed E-state index contributed by atoms with van der Waals surface area (Å²) in [7, 11) is 0. The van der Waals surface area contributed by atoms with Crippen LogP contribution in [0.2, 0.25) is 5.02 Å². The van der Waals surface area contributed by atoms with Gasteiger partial charge in [0.25, 0.3) is 0 Å². The molecule has 1 heterocycles. The van der Waals surface area contributed by atoms with Crippen LogP contribution in [0.5, 0.6) is 0 Å². The first kappa shape index (κ1) is 15.4. The van der Waals surface area contributed by atoms with Crippen LogP contribution in [0.4, 0.5) is 18.9 Å². The molecule has 3 aromatic rings. The van der Waals surface area contributed by atoms with Gasteiger partial charge in [0.1, 0.15) is 0 Å². The summed E-state index contributed by atoms with van der Waals surface area (Å²) in [4.78, 5) is 4.12. The summed E-state index contributed by atoms with van der Waals surface area (Å²) in [6.45, 7) is -0.0391. The van der Waals surface area contributed by atoms with Crippen LogP contribution in [0, 0.1) is 17.5 Å². The summed E-state index contributed by atoms with van der Waals surface area (Å²) in [5.74, 6) is -3.59. The molecular formula is C15H9ClF3N3O. The first-order chi connectivity index (χ1) is 11.0. The Balaban J connectivity index is 1.73. The molecule has 8 heteroatoms. The zero-order valence-electron chi connectivity index (χ0n) is 11.5. The summed E-state index contributed by atoms with van der Waals surface area (Å²) >= 11 is 5.79. The molecule has 0 saturated heterocycles. The molecule has 118 valence electrons. The molecule has 0 bridgehead atoms. The van der Waals surface area contributed by atoms with E-state index in [1.807, 2.05) is 0 Å². The van der Waals surface area contributed by atoms with Gasteiger partial charge in [-0.3, -0.25) is 0 Å². The minimum Gasteiger partial charge on any atom is -0.374 e. The van der Waals surface area contributed by atoms with E-state index >= 15 is 0 Å². The van der Waals surface area contributed by atoms with Crippen molar-refractivity contribution in [1.82, 2.24) is 10.1 Å². The Labute approximate surface area is 133 Å². The Morgan fingerprint density at radius 1 is 1.00 bits per heavy atom. The van der Waals surface area contributed by atoms with Crippen molar-refractivity contribution in [3.05, 3.63) is 64.8 Å². The third-order valence-corrected chi connectivity index (χ3v) is 3.29. The molecule has 2 aromatic carbocycles. The van der Waals surface area contributed by atoms with E-state index in [1.165, 1.54) is 0 Å². The van der Waals surface area contributed by atoms with Crippen LogP contribution in [0.3, 0.4) is 0 Å². The van der Waals surface area contributed by atoms with E-state index in [4.69, 9.17) is 16.1 Å². The number of hydrogen-bond acceptors (Lipinski definition) is 4. The number of benzene rings is 2. The number of halogens is 4. The molecule has 0 saturated carbocycles. The molecule has 23 heavy (non-hydrogen) atoms. The van der Waals surface area contributed by atoms with Gasteiger partial charge in [-0.15, -0.1) is 0 Å². The summed E-state index contributed by atoms with van der Waals surface area (Å²) < 4.78 is 44.5. The molecule has 0 radical (unpaired) electrons. The Bertz CT molecular complexity index is 836. The van der Waals surface area contributed by atoms with Crippen molar-refractivity contribution in [1.29, 1.82) is 0 Å². The predicted molar refractivity (Wildman–Crippen MR) is 78.4 cm³/mol. The van der Waals surface area contributed by atoms with E-state index in [-0.39, 0.29) is 18.1 Å². The highest BCUT2D eigenvalue weighted by Crippen LogP contribution is 2.21. The molecular weight excluding hydrogens is 331 g/mol. The lowest BCUT2D eigenvalue weighted by Gasteiger charge is -2.05. The zero-order valence-corrected chi connectivity index (χ0v) is 12.2. The number of rotatable bonds is 4. The summed E-state index contributed by atoms with van der Waals surface area (Å²) in [5, 5.41) is 6.93. The number of nitrogens with one attached hydrogen (secondary N) is 1. The third kappa shape index (κ3) is 3.29. The second-order valence-corrected chi connectivity index (χ2v) is 5.03. The highest BCUT2D eigenvalue weighted by atomic mass is 35.5. The van der Waals surface area contributed by atoms with Gasteiger partial charge in [-0.2, -0.15) is 4.98 Å². The normalized spacial score (nSPS) is 10.8. The van der Waals surface area contributed by atoms with Crippen LogP contribution in [0.25, 0.3) is 11.4 Å². The van der Waals surface area contributed by atoms with Crippen LogP contribution < -0.4 is 5.32 Å². The number of anilines is 1. The first-order valence-electron chi connectivity index (χ1n) is 6.50. The van der Waals surface area contributed by atoms with Gasteiger partial charge < -0.3 is 9.84 Å². The maximum absolute atomic E-state index is 13.5. The lowest BCUT2D eigenvalue weighted by Crippen LogP contribution is -2.04. The lowest BCUT2D eigenvalue weighted by molar-refractivity contribution is 0.383. The molecule has 0 spiro atoms. The summed E-state index contributed by atoms with van der Waals surface area (Å²) in [5.41, 5.74) is 0.499. The van der Waals surface area contributed by atoms with E-state index in [2.05, 4.69) is 15.5 Å². The minimum absolute atomic E-state index is 0.0391. The fourth-order valence-electron chi connectivity index (χ4n) is 1.88. The lowest BCUT2D eigenvalue weighted by atomic mass is 10.2. The molecule has 0 atom stereocenters. The Hall–Kier alpha value is -2.54. The Kier molecular flexibility index (Phi) is 4.20. The molecule has 0 fully saturated rings. The maximum atomic E-state index is 13.5. The van der Waals surface area contributed by atoms with Crippen molar-refractivity contribution in [3.63, 3.8) is 0 Å². The van der Waals surface area contributed by atoms with Crippen LogP contribution in [0.15, 0.2) is 40.9 Å². The van der Waals surface area contributed by atoms with Gasteiger partial charge in [0.2, 0.25) is 11.7 Å². The average molecular weight is 340 g/mol. The molecule has 0 amide bonds. The van der Waals surface area contributed by atoms with Crippen molar-refractivity contribution in [2.45, 2.75) is 6.54 Å². The molecule has 0 aliphatic carbocycles. The van der Waals surface area contributed by atoms with Gasteiger partial charge in [-0.1, -0.05) is 16.8 Å². The van der Waals surface area contributed by atoms with E-state index in [1.54, 1.807) is 24.3 Å². The quantitative estimate of drug-likeness (QED) is 0.715. The Morgan fingerprint density at radius 2 is 1.74 bits per heavy atom. The largest absolute Gasteiger partial charge is 0.374 e. The van der Waals surface area contributed by atoms with Crippen LogP contribution in [0.1, 0.15) is 5.89 Å². The second kappa shape index (κ2) is 6.29. The molecule has 0 aliphatic heterocycles. The first-order valence-corrected chi connectivity index (χ1v) is 6.88. The smallest absolute Gasteiger partial charge is 0.246 e. The molecule has 1 N–H and O–H groups in total. The van der Waals surface area contributed by atoms with E-state index in [0.717, 1.165) is 12.1 Å².